The van der Waals surface area contributed by atoms with Crippen molar-refractivity contribution in [1.29, 1.82) is 0 Å². The second-order valence-electron chi connectivity index (χ2n) is 6.47. The van der Waals surface area contributed by atoms with Gasteiger partial charge < -0.3 is 14.4 Å². The summed E-state index contributed by atoms with van der Waals surface area (Å²) in [5.74, 6) is -0.296. The predicted molar refractivity (Wildman–Crippen MR) is 103 cm³/mol. The van der Waals surface area contributed by atoms with Crippen LogP contribution < -0.4 is 4.90 Å². The van der Waals surface area contributed by atoms with Gasteiger partial charge in [0.1, 0.15) is 6.10 Å². The number of para-hydroxylation sites is 1. The van der Waals surface area contributed by atoms with Gasteiger partial charge in [-0.2, -0.15) is 0 Å². The van der Waals surface area contributed by atoms with Gasteiger partial charge in [-0.15, -0.1) is 0 Å². The fraction of sp³-hybridized carbons (Fsp3) is 0.381. The lowest BCUT2D eigenvalue weighted by Crippen LogP contribution is -2.49. The van der Waals surface area contributed by atoms with E-state index in [1.54, 1.807) is 19.2 Å². The lowest BCUT2D eigenvalue weighted by molar-refractivity contribution is -0.00697. The highest BCUT2D eigenvalue weighted by Crippen LogP contribution is 2.16. The van der Waals surface area contributed by atoms with Crippen LogP contribution in [0.2, 0.25) is 0 Å². The number of anilines is 1. The maximum absolute atomic E-state index is 12.3. The molecule has 1 fully saturated rings. The summed E-state index contributed by atoms with van der Waals surface area (Å²) in [5, 5.41) is 0. The van der Waals surface area contributed by atoms with E-state index in [1.165, 1.54) is 5.69 Å². The largest absolute Gasteiger partial charge is 0.455 e. The second kappa shape index (κ2) is 9.36. The summed E-state index contributed by atoms with van der Waals surface area (Å²) in [7, 11) is 1.64. The molecule has 0 aliphatic carbocycles. The number of benzene rings is 2. The molecule has 0 aromatic heterocycles. The average molecular weight is 354 g/mol. The molecule has 5 nitrogen and oxygen atoms in total. The quantitative estimate of drug-likeness (QED) is 0.715. The maximum atomic E-state index is 12.3. The van der Waals surface area contributed by atoms with Gasteiger partial charge in [-0.05, 0) is 24.3 Å². The summed E-state index contributed by atoms with van der Waals surface area (Å²) in [6.45, 7) is 4.91. The first-order valence-electron chi connectivity index (χ1n) is 9.03. The third-order valence-corrected chi connectivity index (χ3v) is 4.59. The molecule has 1 aliphatic rings. The number of piperazine rings is 1. The molecule has 3 rings (SSSR count). The van der Waals surface area contributed by atoms with Gasteiger partial charge >= 0.3 is 5.97 Å². The van der Waals surface area contributed by atoms with E-state index in [2.05, 4.69) is 34.1 Å². The highest BCUT2D eigenvalue weighted by molar-refractivity contribution is 5.89. The minimum Gasteiger partial charge on any atom is -0.455 e. The van der Waals surface area contributed by atoms with E-state index in [0.29, 0.717) is 18.7 Å². The topological polar surface area (TPSA) is 42.0 Å². The Bertz CT molecular complexity index is 670. The molecule has 0 N–H and O–H groups in total. The minimum absolute atomic E-state index is 0.268. The Balaban J connectivity index is 1.51. The van der Waals surface area contributed by atoms with E-state index >= 15 is 0 Å². The number of carbonyl (C=O) groups excluding carboxylic acids is 1. The molecule has 0 spiro atoms. The molecule has 1 aliphatic heterocycles. The van der Waals surface area contributed by atoms with Gasteiger partial charge in [-0.1, -0.05) is 36.4 Å². The van der Waals surface area contributed by atoms with Crippen molar-refractivity contribution in [2.45, 2.75) is 6.10 Å². The van der Waals surface area contributed by atoms with Crippen LogP contribution in [0.15, 0.2) is 60.7 Å². The van der Waals surface area contributed by atoms with E-state index in [0.717, 1.165) is 26.2 Å². The Kier molecular flexibility index (Phi) is 6.63. The van der Waals surface area contributed by atoms with Crippen LogP contribution in [0.25, 0.3) is 0 Å². The zero-order valence-electron chi connectivity index (χ0n) is 15.2. The van der Waals surface area contributed by atoms with E-state index in [-0.39, 0.29) is 12.1 Å². The maximum Gasteiger partial charge on any atom is 0.338 e. The summed E-state index contributed by atoms with van der Waals surface area (Å²) in [5.41, 5.74) is 1.83. The van der Waals surface area contributed by atoms with Crippen molar-refractivity contribution in [3.8, 4) is 0 Å². The molecule has 2 aromatic carbocycles. The first-order valence-corrected chi connectivity index (χ1v) is 9.03. The molecule has 2 aromatic rings. The van der Waals surface area contributed by atoms with Crippen LogP contribution in [0.4, 0.5) is 5.69 Å². The van der Waals surface area contributed by atoms with Gasteiger partial charge in [0, 0.05) is 45.5 Å². The van der Waals surface area contributed by atoms with Crippen molar-refractivity contribution in [3.63, 3.8) is 0 Å². The molecule has 1 saturated heterocycles. The van der Waals surface area contributed by atoms with Crippen molar-refractivity contribution < 1.29 is 14.3 Å². The Morgan fingerprint density at radius 1 is 0.962 bits per heavy atom. The first kappa shape index (κ1) is 18.4. The number of esters is 1. The number of carbonyl (C=O) groups is 1. The van der Waals surface area contributed by atoms with Crippen LogP contribution in [-0.4, -0.2) is 63.4 Å². The van der Waals surface area contributed by atoms with Crippen molar-refractivity contribution in [3.05, 3.63) is 66.2 Å². The first-order chi connectivity index (χ1) is 12.8. The summed E-state index contributed by atoms with van der Waals surface area (Å²) >= 11 is 0. The lowest BCUT2D eigenvalue weighted by Gasteiger charge is -2.37. The highest BCUT2D eigenvalue weighted by atomic mass is 16.6. The Morgan fingerprint density at radius 2 is 1.58 bits per heavy atom. The molecule has 138 valence electrons. The number of hydrogen-bond donors (Lipinski definition) is 0. The molecular formula is C21H26N2O3. The van der Waals surface area contributed by atoms with E-state index < -0.39 is 0 Å². The van der Waals surface area contributed by atoms with Crippen LogP contribution in [0.5, 0.6) is 0 Å². The number of hydrogen-bond acceptors (Lipinski definition) is 5. The average Bonchev–Trinajstić information content (AvgIpc) is 2.70. The zero-order chi connectivity index (χ0) is 18.2. The molecule has 0 amide bonds. The number of methoxy groups -OCH3 is 1. The van der Waals surface area contributed by atoms with Crippen LogP contribution in [0.1, 0.15) is 10.4 Å². The molecule has 1 heterocycles. The fourth-order valence-corrected chi connectivity index (χ4v) is 3.22. The Hall–Kier alpha value is -2.37. The third kappa shape index (κ3) is 5.07. The van der Waals surface area contributed by atoms with Crippen LogP contribution in [0, 0.1) is 0 Å². The van der Waals surface area contributed by atoms with E-state index in [4.69, 9.17) is 9.47 Å². The monoisotopic (exact) mass is 354 g/mol. The SMILES string of the molecule is COC[C@H](CN1CCN(c2ccccc2)CC1)OC(=O)c1ccccc1. The smallest absolute Gasteiger partial charge is 0.338 e. The van der Waals surface area contributed by atoms with Crippen molar-refractivity contribution in [2.75, 3.05) is 51.3 Å². The summed E-state index contributed by atoms with van der Waals surface area (Å²) in [6, 6.07) is 19.6. The van der Waals surface area contributed by atoms with Crippen molar-refractivity contribution in [1.82, 2.24) is 4.90 Å². The molecule has 0 saturated carbocycles. The Morgan fingerprint density at radius 3 is 2.19 bits per heavy atom. The van der Waals surface area contributed by atoms with Crippen molar-refractivity contribution >= 4 is 11.7 Å². The molecule has 0 unspecified atom stereocenters. The molecular weight excluding hydrogens is 328 g/mol. The van der Waals surface area contributed by atoms with Gasteiger partial charge in [0.25, 0.3) is 0 Å². The Labute approximate surface area is 155 Å². The van der Waals surface area contributed by atoms with Crippen LogP contribution >= 0.6 is 0 Å². The van der Waals surface area contributed by atoms with E-state index in [1.807, 2.05) is 24.3 Å². The van der Waals surface area contributed by atoms with Crippen LogP contribution in [-0.2, 0) is 9.47 Å². The summed E-state index contributed by atoms with van der Waals surface area (Å²) in [6.07, 6.45) is -0.268. The molecule has 1 atom stereocenters. The predicted octanol–water partition coefficient (Wildman–Crippen LogP) is 2.68. The van der Waals surface area contributed by atoms with Gasteiger partial charge in [0.05, 0.1) is 12.2 Å². The number of nitrogens with zero attached hydrogens (tertiary/aromatic N) is 2. The van der Waals surface area contributed by atoms with E-state index in [9.17, 15) is 4.79 Å². The number of rotatable bonds is 7. The molecule has 0 radical (unpaired) electrons. The summed E-state index contributed by atoms with van der Waals surface area (Å²) in [4.78, 5) is 17.0. The fourth-order valence-electron chi connectivity index (χ4n) is 3.22. The van der Waals surface area contributed by atoms with Crippen molar-refractivity contribution in [2.24, 2.45) is 0 Å². The number of ether oxygens (including phenoxy) is 2. The molecule has 26 heavy (non-hydrogen) atoms. The van der Waals surface area contributed by atoms with Gasteiger partial charge in [-0.25, -0.2) is 4.79 Å². The molecule has 0 bridgehead atoms. The highest BCUT2D eigenvalue weighted by Gasteiger charge is 2.23. The third-order valence-electron chi connectivity index (χ3n) is 4.59. The minimum atomic E-state index is -0.296. The van der Waals surface area contributed by atoms with Gasteiger partial charge in [-0.3, -0.25) is 4.90 Å². The lowest BCUT2D eigenvalue weighted by atomic mass is 10.2. The zero-order valence-corrected chi connectivity index (χ0v) is 15.2. The standard InChI is InChI=1S/C21H26N2O3/c1-25-17-20(26-21(24)18-8-4-2-5-9-18)16-22-12-14-23(15-13-22)19-10-6-3-7-11-19/h2-11,20H,12-17H2,1H3/t20-/m0/s1. The summed E-state index contributed by atoms with van der Waals surface area (Å²) < 4.78 is 10.9. The normalized spacial score (nSPS) is 16.3. The van der Waals surface area contributed by atoms with Crippen LogP contribution in [0.3, 0.4) is 0 Å². The second-order valence-corrected chi connectivity index (χ2v) is 6.47. The van der Waals surface area contributed by atoms with Gasteiger partial charge in [0.2, 0.25) is 0 Å². The van der Waals surface area contributed by atoms with Gasteiger partial charge in [0.15, 0.2) is 0 Å². The molecule has 5 heteroatoms.